The molecular formula is C13H12BrFN2O. The number of hydrogen-bond donors (Lipinski definition) is 0. The van der Waals surface area contributed by atoms with Gasteiger partial charge in [-0.3, -0.25) is 9.48 Å². The summed E-state index contributed by atoms with van der Waals surface area (Å²) in [4.78, 5) is 12.3. The summed E-state index contributed by atoms with van der Waals surface area (Å²) in [5.41, 5.74) is 1.30. The first-order valence-corrected chi connectivity index (χ1v) is 6.36. The monoisotopic (exact) mass is 310 g/mol. The summed E-state index contributed by atoms with van der Waals surface area (Å²) in [7, 11) is 0. The van der Waals surface area contributed by atoms with E-state index in [0.29, 0.717) is 27.8 Å². The van der Waals surface area contributed by atoms with Crippen molar-refractivity contribution in [1.82, 2.24) is 9.78 Å². The SMILES string of the molecule is CCn1ncc(Br)c1C(=O)c1ccc(C)c(F)c1. The molecule has 1 aromatic carbocycles. The van der Waals surface area contributed by atoms with Crippen LogP contribution in [-0.2, 0) is 6.54 Å². The van der Waals surface area contributed by atoms with Crippen LogP contribution >= 0.6 is 15.9 Å². The molecule has 0 unspecified atom stereocenters. The van der Waals surface area contributed by atoms with Crippen molar-refractivity contribution < 1.29 is 9.18 Å². The third-order valence-corrected chi connectivity index (χ3v) is 3.32. The Kier molecular flexibility index (Phi) is 3.61. The largest absolute Gasteiger partial charge is 0.287 e. The zero-order valence-electron chi connectivity index (χ0n) is 10.1. The van der Waals surface area contributed by atoms with E-state index < -0.39 is 0 Å². The van der Waals surface area contributed by atoms with E-state index in [0.717, 1.165) is 0 Å². The van der Waals surface area contributed by atoms with Gasteiger partial charge >= 0.3 is 0 Å². The van der Waals surface area contributed by atoms with Gasteiger partial charge in [0.05, 0.1) is 10.7 Å². The van der Waals surface area contributed by atoms with Crippen LogP contribution in [0, 0.1) is 12.7 Å². The zero-order chi connectivity index (χ0) is 13.3. The van der Waals surface area contributed by atoms with Crippen molar-refractivity contribution in [2.45, 2.75) is 20.4 Å². The Morgan fingerprint density at radius 1 is 1.50 bits per heavy atom. The molecule has 0 atom stereocenters. The molecule has 0 amide bonds. The van der Waals surface area contributed by atoms with Gasteiger partial charge in [-0.15, -0.1) is 0 Å². The Balaban J connectivity index is 2.47. The van der Waals surface area contributed by atoms with E-state index in [4.69, 9.17) is 0 Å². The van der Waals surface area contributed by atoms with Gasteiger partial charge in [-0.1, -0.05) is 12.1 Å². The molecule has 0 N–H and O–H groups in total. The highest BCUT2D eigenvalue weighted by Crippen LogP contribution is 2.21. The molecule has 0 aliphatic rings. The molecule has 0 radical (unpaired) electrons. The third-order valence-electron chi connectivity index (χ3n) is 2.74. The van der Waals surface area contributed by atoms with E-state index in [1.54, 1.807) is 29.9 Å². The first-order valence-electron chi connectivity index (χ1n) is 5.56. The minimum Gasteiger partial charge on any atom is -0.287 e. The highest BCUT2D eigenvalue weighted by atomic mass is 79.9. The number of rotatable bonds is 3. The number of aryl methyl sites for hydroxylation is 2. The van der Waals surface area contributed by atoms with Crippen molar-refractivity contribution in [3.05, 3.63) is 51.5 Å². The van der Waals surface area contributed by atoms with Crippen molar-refractivity contribution >= 4 is 21.7 Å². The Morgan fingerprint density at radius 3 is 2.83 bits per heavy atom. The van der Waals surface area contributed by atoms with Crippen molar-refractivity contribution in [3.63, 3.8) is 0 Å². The van der Waals surface area contributed by atoms with Crippen LogP contribution in [0.1, 0.15) is 28.5 Å². The average Bonchev–Trinajstić information content (AvgIpc) is 2.73. The van der Waals surface area contributed by atoms with Crippen LogP contribution < -0.4 is 0 Å². The van der Waals surface area contributed by atoms with Gasteiger partial charge in [-0.25, -0.2) is 4.39 Å². The normalized spacial score (nSPS) is 10.7. The van der Waals surface area contributed by atoms with Gasteiger partial charge in [0.25, 0.3) is 0 Å². The van der Waals surface area contributed by atoms with Crippen LogP contribution in [0.2, 0.25) is 0 Å². The lowest BCUT2D eigenvalue weighted by molar-refractivity contribution is 0.102. The standard InChI is InChI=1S/C13H12BrFN2O/c1-3-17-12(10(14)7-16-17)13(18)9-5-4-8(2)11(15)6-9/h4-7H,3H2,1-2H3. The van der Waals surface area contributed by atoms with Crippen LogP contribution in [0.3, 0.4) is 0 Å². The second-order valence-corrected chi connectivity index (χ2v) is 4.80. The highest BCUT2D eigenvalue weighted by Gasteiger charge is 2.18. The summed E-state index contributed by atoms with van der Waals surface area (Å²) in [5.74, 6) is -0.611. The summed E-state index contributed by atoms with van der Waals surface area (Å²) in [6.07, 6.45) is 1.57. The number of aromatic nitrogens is 2. The Morgan fingerprint density at radius 2 is 2.22 bits per heavy atom. The highest BCUT2D eigenvalue weighted by molar-refractivity contribution is 9.10. The number of carbonyl (C=O) groups is 1. The Labute approximate surface area is 113 Å². The van der Waals surface area contributed by atoms with Gasteiger partial charge in [-0.05, 0) is 41.4 Å². The molecule has 1 heterocycles. The van der Waals surface area contributed by atoms with Gasteiger partial charge in [0.2, 0.25) is 5.78 Å². The van der Waals surface area contributed by atoms with E-state index in [-0.39, 0.29) is 11.6 Å². The number of benzene rings is 1. The third kappa shape index (κ3) is 2.22. The summed E-state index contributed by atoms with van der Waals surface area (Å²) >= 11 is 3.29. The first kappa shape index (κ1) is 13.0. The molecule has 0 saturated carbocycles. The average molecular weight is 311 g/mol. The predicted octanol–water partition coefficient (Wildman–Crippen LogP) is 3.34. The number of carbonyl (C=O) groups excluding carboxylic acids is 1. The molecule has 5 heteroatoms. The van der Waals surface area contributed by atoms with E-state index in [1.165, 1.54) is 6.07 Å². The van der Waals surface area contributed by atoms with Gasteiger partial charge in [0, 0.05) is 12.1 Å². The lowest BCUT2D eigenvalue weighted by Gasteiger charge is -2.06. The Hall–Kier alpha value is -1.49. The van der Waals surface area contributed by atoms with E-state index in [1.807, 2.05) is 6.92 Å². The molecule has 0 aliphatic heterocycles. The molecule has 0 aliphatic carbocycles. The molecule has 0 fully saturated rings. The molecule has 94 valence electrons. The molecular weight excluding hydrogens is 299 g/mol. The minimum atomic E-state index is -0.375. The summed E-state index contributed by atoms with van der Waals surface area (Å²) in [5, 5.41) is 4.08. The maximum absolute atomic E-state index is 13.5. The van der Waals surface area contributed by atoms with E-state index >= 15 is 0 Å². The lowest BCUT2D eigenvalue weighted by Crippen LogP contribution is -2.11. The maximum atomic E-state index is 13.5. The van der Waals surface area contributed by atoms with E-state index in [9.17, 15) is 9.18 Å². The van der Waals surface area contributed by atoms with Crippen molar-refractivity contribution in [2.75, 3.05) is 0 Å². The molecule has 0 bridgehead atoms. The summed E-state index contributed by atoms with van der Waals surface area (Å²) in [6.45, 7) is 4.14. The number of hydrogen-bond acceptors (Lipinski definition) is 2. The number of halogens is 2. The quantitative estimate of drug-likeness (QED) is 0.815. The van der Waals surface area contributed by atoms with E-state index in [2.05, 4.69) is 21.0 Å². The maximum Gasteiger partial charge on any atom is 0.212 e. The fraction of sp³-hybridized carbons (Fsp3) is 0.231. The molecule has 2 rings (SSSR count). The van der Waals surface area contributed by atoms with Gasteiger partial charge in [0.15, 0.2) is 0 Å². The van der Waals surface area contributed by atoms with Crippen molar-refractivity contribution in [3.8, 4) is 0 Å². The summed E-state index contributed by atoms with van der Waals surface area (Å²) < 4.78 is 15.7. The van der Waals surface area contributed by atoms with Crippen molar-refractivity contribution in [2.24, 2.45) is 0 Å². The molecule has 3 nitrogen and oxygen atoms in total. The fourth-order valence-corrected chi connectivity index (χ4v) is 2.18. The van der Waals surface area contributed by atoms with Gasteiger partial charge in [-0.2, -0.15) is 5.10 Å². The molecule has 0 saturated heterocycles. The second kappa shape index (κ2) is 5.02. The van der Waals surface area contributed by atoms with Crippen LogP contribution in [0.15, 0.2) is 28.9 Å². The summed E-state index contributed by atoms with van der Waals surface area (Å²) in [6, 6.07) is 4.49. The van der Waals surface area contributed by atoms with Gasteiger partial charge < -0.3 is 0 Å². The Bertz CT molecular complexity index is 607. The van der Waals surface area contributed by atoms with Crippen molar-refractivity contribution in [1.29, 1.82) is 0 Å². The van der Waals surface area contributed by atoms with Crippen LogP contribution in [0.5, 0.6) is 0 Å². The first-order chi connectivity index (χ1) is 8.54. The minimum absolute atomic E-state index is 0.236. The van der Waals surface area contributed by atoms with Crippen LogP contribution in [0.4, 0.5) is 4.39 Å². The molecule has 0 spiro atoms. The number of nitrogens with zero attached hydrogens (tertiary/aromatic N) is 2. The molecule has 1 aromatic heterocycles. The van der Waals surface area contributed by atoms with Crippen LogP contribution in [0.25, 0.3) is 0 Å². The topological polar surface area (TPSA) is 34.9 Å². The smallest absolute Gasteiger partial charge is 0.212 e. The molecule has 18 heavy (non-hydrogen) atoms. The fourth-order valence-electron chi connectivity index (χ4n) is 1.70. The zero-order valence-corrected chi connectivity index (χ0v) is 11.7. The number of ketones is 1. The predicted molar refractivity (Wildman–Crippen MR) is 70.2 cm³/mol. The van der Waals surface area contributed by atoms with Crippen LogP contribution in [-0.4, -0.2) is 15.6 Å². The molecule has 2 aromatic rings. The van der Waals surface area contributed by atoms with Gasteiger partial charge in [0.1, 0.15) is 11.5 Å². The lowest BCUT2D eigenvalue weighted by atomic mass is 10.1. The second-order valence-electron chi connectivity index (χ2n) is 3.95.